The number of hydrogen-bond acceptors (Lipinski definition) is 3. The Labute approximate surface area is 142 Å². The lowest BCUT2D eigenvalue weighted by atomic mass is 10.1. The van der Waals surface area contributed by atoms with Crippen LogP contribution in [0.4, 0.5) is 0 Å². The van der Waals surface area contributed by atoms with E-state index >= 15 is 0 Å². The van der Waals surface area contributed by atoms with Gasteiger partial charge in [0.2, 0.25) is 11.8 Å². The van der Waals surface area contributed by atoms with E-state index in [-0.39, 0.29) is 11.8 Å². The van der Waals surface area contributed by atoms with E-state index in [4.69, 9.17) is 0 Å². The summed E-state index contributed by atoms with van der Waals surface area (Å²) in [6, 6.07) is 11.6. The predicted molar refractivity (Wildman–Crippen MR) is 93.2 cm³/mol. The van der Waals surface area contributed by atoms with E-state index in [0.29, 0.717) is 26.1 Å². The van der Waals surface area contributed by atoms with Gasteiger partial charge in [0.1, 0.15) is 0 Å². The van der Waals surface area contributed by atoms with Crippen LogP contribution in [0.2, 0.25) is 0 Å². The average Bonchev–Trinajstić information content (AvgIpc) is 2.57. The lowest BCUT2D eigenvalue weighted by Gasteiger charge is -2.21. The van der Waals surface area contributed by atoms with Crippen LogP contribution >= 0.6 is 0 Å². The van der Waals surface area contributed by atoms with Gasteiger partial charge >= 0.3 is 0 Å². The van der Waals surface area contributed by atoms with Crippen LogP contribution in [-0.2, 0) is 22.6 Å². The standard InChI is InChI=1S/C19H23N3O2/c1-15-6-3-4-8-18(15)12-19(24)21-10-11-22(16(2)23)14-17-7-5-9-20-13-17/h3-9,13H,10-12,14H2,1-2H3,(H,21,24). The summed E-state index contributed by atoms with van der Waals surface area (Å²) in [5, 5.41) is 2.88. The summed E-state index contributed by atoms with van der Waals surface area (Å²) in [4.78, 5) is 29.6. The number of benzene rings is 1. The van der Waals surface area contributed by atoms with Crippen molar-refractivity contribution in [2.24, 2.45) is 0 Å². The second-order valence-corrected chi connectivity index (χ2v) is 5.76. The molecule has 0 saturated heterocycles. The van der Waals surface area contributed by atoms with Gasteiger partial charge in [-0.1, -0.05) is 30.3 Å². The predicted octanol–water partition coefficient (Wildman–Crippen LogP) is 2.10. The maximum atomic E-state index is 12.0. The summed E-state index contributed by atoms with van der Waals surface area (Å²) in [5.41, 5.74) is 3.10. The van der Waals surface area contributed by atoms with Crippen LogP contribution in [-0.4, -0.2) is 34.8 Å². The number of pyridine rings is 1. The molecule has 0 radical (unpaired) electrons. The minimum atomic E-state index is -0.0332. The first-order valence-corrected chi connectivity index (χ1v) is 8.02. The Morgan fingerprint density at radius 2 is 1.96 bits per heavy atom. The van der Waals surface area contributed by atoms with Gasteiger partial charge in [-0.25, -0.2) is 0 Å². The fourth-order valence-corrected chi connectivity index (χ4v) is 2.43. The van der Waals surface area contributed by atoms with Gasteiger partial charge in [-0.2, -0.15) is 0 Å². The molecule has 0 spiro atoms. The summed E-state index contributed by atoms with van der Waals surface area (Å²) in [7, 11) is 0. The molecular formula is C19H23N3O2. The lowest BCUT2D eigenvalue weighted by Crippen LogP contribution is -2.37. The van der Waals surface area contributed by atoms with Crippen molar-refractivity contribution in [1.29, 1.82) is 0 Å². The molecule has 1 aromatic heterocycles. The Hall–Kier alpha value is -2.69. The van der Waals surface area contributed by atoms with Crippen LogP contribution in [0.25, 0.3) is 0 Å². The molecule has 0 fully saturated rings. The zero-order valence-corrected chi connectivity index (χ0v) is 14.2. The van der Waals surface area contributed by atoms with Gasteiger partial charge in [0.05, 0.1) is 6.42 Å². The molecule has 0 saturated carbocycles. The summed E-state index contributed by atoms with van der Waals surface area (Å²) in [5.74, 6) is -0.0545. The van der Waals surface area contributed by atoms with E-state index in [0.717, 1.165) is 16.7 Å². The largest absolute Gasteiger partial charge is 0.354 e. The molecule has 5 heteroatoms. The molecule has 0 bridgehead atoms. The third kappa shape index (κ3) is 5.50. The minimum absolute atomic E-state index is 0.0213. The van der Waals surface area contributed by atoms with Gasteiger partial charge < -0.3 is 10.2 Å². The van der Waals surface area contributed by atoms with E-state index in [2.05, 4.69) is 10.3 Å². The molecule has 0 aliphatic heterocycles. The molecule has 0 atom stereocenters. The number of rotatable bonds is 7. The Kier molecular flexibility index (Phi) is 6.49. The number of amides is 2. The number of nitrogens with one attached hydrogen (secondary N) is 1. The topological polar surface area (TPSA) is 62.3 Å². The molecule has 0 aliphatic carbocycles. The van der Waals surface area contributed by atoms with Gasteiger partial charge in [0.15, 0.2) is 0 Å². The molecule has 2 aromatic rings. The molecule has 126 valence electrons. The van der Waals surface area contributed by atoms with E-state index in [1.807, 2.05) is 43.3 Å². The summed E-state index contributed by atoms with van der Waals surface area (Å²) >= 11 is 0. The number of aromatic nitrogens is 1. The maximum Gasteiger partial charge on any atom is 0.224 e. The molecule has 1 heterocycles. The van der Waals surface area contributed by atoms with E-state index in [1.54, 1.807) is 17.3 Å². The smallest absolute Gasteiger partial charge is 0.224 e. The van der Waals surface area contributed by atoms with Gasteiger partial charge in [-0.05, 0) is 29.7 Å². The highest BCUT2D eigenvalue weighted by atomic mass is 16.2. The normalized spacial score (nSPS) is 10.2. The fourth-order valence-electron chi connectivity index (χ4n) is 2.43. The third-order valence-electron chi connectivity index (χ3n) is 3.86. The second kappa shape index (κ2) is 8.82. The first kappa shape index (κ1) is 17.7. The first-order chi connectivity index (χ1) is 11.6. The quantitative estimate of drug-likeness (QED) is 0.848. The Balaban J connectivity index is 1.81. The van der Waals surface area contributed by atoms with Crippen LogP contribution in [0, 0.1) is 6.92 Å². The first-order valence-electron chi connectivity index (χ1n) is 8.02. The third-order valence-corrected chi connectivity index (χ3v) is 3.86. The molecule has 0 aliphatic rings. The number of carbonyl (C=O) groups excluding carboxylic acids is 2. The maximum absolute atomic E-state index is 12.0. The number of nitrogens with zero attached hydrogens (tertiary/aromatic N) is 2. The van der Waals surface area contributed by atoms with Gasteiger partial charge in [-0.3, -0.25) is 14.6 Å². The van der Waals surface area contributed by atoms with Crippen LogP contribution in [0.15, 0.2) is 48.8 Å². The van der Waals surface area contributed by atoms with Crippen molar-refractivity contribution in [2.75, 3.05) is 13.1 Å². The highest BCUT2D eigenvalue weighted by Gasteiger charge is 2.11. The number of carbonyl (C=O) groups is 2. The van der Waals surface area contributed by atoms with Crippen LogP contribution in [0.5, 0.6) is 0 Å². The molecule has 24 heavy (non-hydrogen) atoms. The Bertz CT molecular complexity index is 686. The second-order valence-electron chi connectivity index (χ2n) is 5.76. The van der Waals surface area contributed by atoms with Crippen LogP contribution in [0.3, 0.4) is 0 Å². The van der Waals surface area contributed by atoms with Gasteiger partial charge in [0, 0.05) is 39.0 Å². The Morgan fingerprint density at radius 1 is 1.17 bits per heavy atom. The summed E-state index contributed by atoms with van der Waals surface area (Å²) in [6.45, 7) is 4.94. The van der Waals surface area contributed by atoms with E-state index in [9.17, 15) is 9.59 Å². The van der Waals surface area contributed by atoms with Crippen molar-refractivity contribution >= 4 is 11.8 Å². The minimum Gasteiger partial charge on any atom is -0.354 e. The number of aryl methyl sites for hydroxylation is 1. The van der Waals surface area contributed by atoms with E-state index in [1.165, 1.54) is 6.92 Å². The highest BCUT2D eigenvalue weighted by Crippen LogP contribution is 2.07. The van der Waals surface area contributed by atoms with Crippen molar-refractivity contribution in [3.63, 3.8) is 0 Å². The van der Waals surface area contributed by atoms with Crippen molar-refractivity contribution in [1.82, 2.24) is 15.2 Å². The molecule has 1 N–H and O–H groups in total. The zero-order chi connectivity index (χ0) is 17.4. The Morgan fingerprint density at radius 3 is 2.62 bits per heavy atom. The van der Waals surface area contributed by atoms with Crippen molar-refractivity contribution in [3.05, 3.63) is 65.5 Å². The SMILES string of the molecule is CC(=O)N(CCNC(=O)Cc1ccccc1C)Cc1cccnc1. The molecule has 2 amide bonds. The van der Waals surface area contributed by atoms with Crippen molar-refractivity contribution in [3.8, 4) is 0 Å². The highest BCUT2D eigenvalue weighted by molar-refractivity contribution is 5.79. The monoisotopic (exact) mass is 325 g/mol. The zero-order valence-electron chi connectivity index (χ0n) is 14.2. The number of hydrogen-bond donors (Lipinski definition) is 1. The van der Waals surface area contributed by atoms with Gasteiger partial charge in [0.25, 0.3) is 0 Å². The van der Waals surface area contributed by atoms with Gasteiger partial charge in [-0.15, -0.1) is 0 Å². The molecular weight excluding hydrogens is 302 g/mol. The van der Waals surface area contributed by atoms with Crippen LogP contribution in [0.1, 0.15) is 23.6 Å². The van der Waals surface area contributed by atoms with E-state index < -0.39 is 0 Å². The summed E-state index contributed by atoms with van der Waals surface area (Å²) in [6.07, 6.45) is 3.80. The molecule has 0 unspecified atom stereocenters. The molecule has 5 nitrogen and oxygen atoms in total. The average molecular weight is 325 g/mol. The van der Waals surface area contributed by atoms with Crippen LogP contribution < -0.4 is 5.32 Å². The molecule has 2 rings (SSSR count). The van der Waals surface area contributed by atoms with Crippen molar-refractivity contribution < 1.29 is 9.59 Å². The summed E-state index contributed by atoms with van der Waals surface area (Å²) < 4.78 is 0. The lowest BCUT2D eigenvalue weighted by molar-refractivity contribution is -0.130. The van der Waals surface area contributed by atoms with Crippen molar-refractivity contribution in [2.45, 2.75) is 26.8 Å². The molecule has 1 aromatic carbocycles. The fraction of sp³-hybridized carbons (Fsp3) is 0.316.